The van der Waals surface area contributed by atoms with Crippen LogP contribution in [0.2, 0.25) is 0 Å². The van der Waals surface area contributed by atoms with Gasteiger partial charge in [0.2, 0.25) is 0 Å². The minimum absolute atomic E-state index is 0.362. The van der Waals surface area contributed by atoms with E-state index >= 15 is 0 Å². The van der Waals surface area contributed by atoms with E-state index in [9.17, 15) is 0 Å². The van der Waals surface area contributed by atoms with E-state index in [0.29, 0.717) is 25.5 Å². The highest BCUT2D eigenvalue weighted by Gasteiger charge is 2.49. The molecule has 7 heteroatoms. The zero-order chi connectivity index (χ0) is 15.6. The van der Waals surface area contributed by atoms with Gasteiger partial charge < -0.3 is 17.5 Å². The molecule has 4 nitrogen and oxygen atoms in total. The molecule has 0 aromatic carbocycles. The Morgan fingerprint density at radius 3 is 1.70 bits per heavy atom. The third kappa shape index (κ3) is 6.22. The normalized spacial score (nSPS) is 16.9. The highest BCUT2D eigenvalue weighted by atomic mass is 32.4. The Labute approximate surface area is 131 Å². The number of hydrogen-bond acceptors (Lipinski definition) is 5. The summed E-state index contributed by atoms with van der Waals surface area (Å²) in [6.45, 7) is 13.7. The van der Waals surface area contributed by atoms with E-state index in [0.717, 1.165) is 19.0 Å². The van der Waals surface area contributed by atoms with Gasteiger partial charge in [0.15, 0.2) is 0 Å². The van der Waals surface area contributed by atoms with Crippen LogP contribution >= 0.6 is 6.26 Å². The van der Waals surface area contributed by atoms with Gasteiger partial charge in [-0.3, -0.25) is 0 Å². The molecule has 0 aromatic rings. The molecule has 0 saturated carbocycles. The maximum absolute atomic E-state index is 6.31. The summed E-state index contributed by atoms with van der Waals surface area (Å²) in [7, 11) is -3.10. The van der Waals surface area contributed by atoms with Crippen molar-refractivity contribution in [3.8, 4) is 0 Å². The molecular weight excluding hydrogens is 311 g/mol. The summed E-state index contributed by atoms with van der Waals surface area (Å²) in [5, 5.41) is 0. The van der Waals surface area contributed by atoms with Crippen LogP contribution in [0.4, 0.5) is 0 Å². The summed E-state index contributed by atoms with van der Waals surface area (Å²) < 4.78 is 23.6. The van der Waals surface area contributed by atoms with E-state index in [1.807, 2.05) is 20.8 Å². The van der Waals surface area contributed by atoms with Gasteiger partial charge in [0.05, 0.1) is 6.26 Å². The van der Waals surface area contributed by atoms with Gasteiger partial charge >= 0.3 is 9.05 Å². The van der Waals surface area contributed by atoms with E-state index in [4.69, 9.17) is 29.3 Å². The second-order valence-electron chi connectivity index (χ2n) is 4.57. The molecule has 0 aliphatic rings. The molecule has 0 bridgehead atoms. The fraction of sp³-hybridized carbons (Fsp3) is 1.00. The third-order valence-electron chi connectivity index (χ3n) is 3.05. The summed E-state index contributed by atoms with van der Waals surface area (Å²) in [4.78, 5) is 0. The fourth-order valence-corrected chi connectivity index (χ4v) is 9.11. The van der Waals surface area contributed by atoms with Gasteiger partial charge in [-0.15, -0.1) is 0 Å². The van der Waals surface area contributed by atoms with Gasteiger partial charge in [0.25, 0.3) is 0 Å². The molecule has 0 spiro atoms. The fourth-order valence-electron chi connectivity index (χ4n) is 2.00. The molecule has 0 fully saturated rings. The lowest BCUT2D eigenvalue weighted by molar-refractivity contribution is 0.0126. The molecule has 0 rings (SSSR count). The van der Waals surface area contributed by atoms with Crippen LogP contribution in [-0.2, 0) is 29.3 Å². The van der Waals surface area contributed by atoms with E-state index in [-0.39, 0.29) is 0 Å². The van der Waals surface area contributed by atoms with Crippen LogP contribution < -0.4 is 0 Å². The highest BCUT2D eigenvalue weighted by molar-refractivity contribution is 8.12. The quantitative estimate of drug-likeness (QED) is 0.393. The summed E-state index contributed by atoms with van der Waals surface area (Å²) in [5.74, 6) is 0. The average Bonchev–Trinajstić information content (AvgIpc) is 2.39. The Kier molecular flexibility index (Phi) is 10.8. The van der Waals surface area contributed by atoms with Crippen LogP contribution in [0.25, 0.3) is 0 Å². The van der Waals surface area contributed by atoms with Crippen molar-refractivity contribution in [2.45, 2.75) is 60.0 Å². The molecule has 0 N–H and O–H groups in total. The lowest BCUT2D eigenvalue weighted by Gasteiger charge is -2.35. The first-order chi connectivity index (χ1) is 9.43. The van der Waals surface area contributed by atoms with Crippen molar-refractivity contribution in [3.05, 3.63) is 0 Å². The van der Waals surface area contributed by atoms with Crippen molar-refractivity contribution >= 4 is 27.1 Å². The monoisotopic (exact) mass is 342 g/mol. The van der Waals surface area contributed by atoms with Gasteiger partial charge in [-0.2, -0.15) is 0 Å². The van der Waals surface area contributed by atoms with Crippen LogP contribution in [0, 0.1) is 0 Å². The molecule has 0 aliphatic heterocycles. The maximum Gasteiger partial charge on any atom is 0.683 e. The van der Waals surface area contributed by atoms with Crippen molar-refractivity contribution in [1.29, 1.82) is 0 Å². The van der Waals surface area contributed by atoms with Crippen molar-refractivity contribution in [1.82, 2.24) is 0 Å². The number of hydrogen-bond donors (Lipinski definition) is 0. The van der Waals surface area contributed by atoms with Gasteiger partial charge in [-0.05, 0) is 33.4 Å². The smallest absolute Gasteiger partial charge is 0.351 e. The molecule has 0 aliphatic carbocycles. The molecule has 0 aromatic heterocycles. The highest BCUT2D eigenvalue weighted by Crippen LogP contribution is 2.55. The van der Waals surface area contributed by atoms with Crippen LogP contribution in [0.1, 0.15) is 54.4 Å². The maximum atomic E-state index is 6.31. The van der Waals surface area contributed by atoms with E-state index in [2.05, 4.69) is 20.8 Å². The summed E-state index contributed by atoms with van der Waals surface area (Å²) >= 11 is 5.87. The first-order valence-electron chi connectivity index (χ1n) is 7.64. The van der Waals surface area contributed by atoms with Crippen molar-refractivity contribution in [2.24, 2.45) is 0 Å². The Balaban J connectivity index is 5.20. The Morgan fingerprint density at radius 1 is 0.950 bits per heavy atom. The molecule has 0 heterocycles. The Bertz CT molecular complexity index is 287. The van der Waals surface area contributed by atoms with E-state index < -0.39 is 15.3 Å². The number of rotatable bonds is 12. The molecule has 0 saturated heterocycles. The standard InChI is InChI=1S/C13H31O4PSSi/c1-7-12-13(6)18(19,11-5)17-20(14-8-2,15-9-3)16-10-4/h13H,7-12H2,1-6H3. The predicted octanol–water partition coefficient (Wildman–Crippen LogP) is 4.15. The second-order valence-corrected chi connectivity index (χ2v) is 12.0. The molecular formula is C13H31O4PSSi. The minimum Gasteiger partial charge on any atom is -0.351 e. The Hall–Kier alpha value is 0.707. The van der Waals surface area contributed by atoms with Gasteiger partial charge in [0, 0.05) is 25.5 Å². The van der Waals surface area contributed by atoms with Gasteiger partial charge in [-0.25, -0.2) is 0 Å². The summed E-state index contributed by atoms with van der Waals surface area (Å²) in [6.07, 6.45) is 1.02. The third-order valence-corrected chi connectivity index (χ3v) is 12.1. The van der Waals surface area contributed by atoms with Crippen molar-refractivity contribution < 1.29 is 17.5 Å². The molecule has 0 radical (unpaired) electrons. The second kappa shape index (κ2) is 10.4. The minimum atomic E-state index is -3.10. The molecule has 20 heavy (non-hydrogen) atoms. The van der Waals surface area contributed by atoms with Crippen LogP contribution in [-0.4, -0.2) is 40.7 Å². The summed E-state index contributed by atoms with van der Waals surface area (Å²) in [5.41, 5.74) is 0.362. The summed E-state index contributed by atoms with van der Waals surface area (Å²) in [6, 6.07) is 0. The lowest BCUT2D eigenvalue weighted by Crippen LogP contribution is -2.49. The van der Waals surface area contributed by atoms with Crippen LogP contribution in [0.3, 0.4) is 0 Å². The largest absolute Gasteiger partial charge is 0.683 e. The lowest BCUT2D eigenvalue weighted by atomic mass is 10.3. The topological polar surface area (TPSA) is 36.9 Å². The van der Waals surface area contributed by atoms with Crippen molar-refractivity contribution in [2.75, 3.05) is 26.0 Å². The van der Waals surface area contributed by atoms with E-state index in [1.54, 1.807) is 0 Å². The molecule has 122 valence electrons. The SMILES string of the molecule is CCCC(C)P(=S)(CC)O[Si](OCC)(OCC)OCC. The molecule has 0 amide bonds. The van der Waals surface area contributed by atoms with Crippen LogP contribution in [0.15, 0.2) is 0 Å². The van der Waals surface area contributed by atoms with Crippen molar-refractivity contribution in [3.63, 3.8) is 0 Å². The zero-order valence-electron chi connectivity index (χ0n) is 13.8. The van der Waals surface area contributed by atoms with Crippen LogP contribution in [0.5, 0.6) is 0 Å². The predicted molar refractivity (Wildman–Crippen MR) is 90.9 cm³/mol. The zero-order valence-corrected chi connectivity index (χ0v) is 16.5. The average molecular weight is 343 g/mol. The first-order valence-corrected chi connectivity index (χ1v) is 12.3. The van der Waals surface area contributed by atoms with Gasteiger partial charge in [0.1, 0.15) is 0 Å². The molecule has 2 atom stereocenters. The first kappa shape index (κ1) is 20.7. The van der Waals surface area contributed by atoms with Gasteiger partial charge in [-0.1, -0.05) is 39.0 Å². The Morgan fingerprint density at radius 2 is 1.40 bits per heavy atom. The van der Waals surface area contributed by atoms with E-state index in [1.165, 1.54) is 0 Å². The molecule has 2 unspecified atom stereocenters.